The van der Waals surface area contributed by atoms with Gasteiger partial charge in [-0.3, -0.25) is 4.79 Å². The molecule has 0 aromatic carbocycles. The van der Waals surface area contributed by atoms with Gasteiger partial charge < -0.3 is 13.8 Å². The average molecular weight is 297 g/mol. The third kappa shape index (κ3) is 1.99. The molecule has 3 aromatic rings. The predicted octanol–water partition coefficient (Wildman–Crippen LogP) is 3.03. The highest BCUT2D eigenvalue weighted by atomic mass is 16.5. The van der Waals surface area contributed by atoms with Crippen LogP contribution in [0.1, 0.15) is 28.9 Å². The number of carbonyl (C=O) groups is 1. The second-order valence-electron chi connectivity index (χ2n) is 5.48. The lowest BCUT2D eigenvalue weighted by Gasteiger charge is -2.16. The van der Waals surface area contributed by atoms with E-state index in [1.54, 1.807) is 18.4 Å². The molecular weight excluding hydrogens is 282 g/mol. The van der Waals surface area contributed by atoms with E-state index in [1.165, 1.54) is 0 Å². The lowest BCUT2D eigenvalue weighted by Crippen LogP contribution is -2.27. The Morgan fingerprint density at radius 2 is 2.14 bits per heavy atom. The highest BCUT2D eigenvalue weighted by Gasteiger charge is 2.25. The van der Waals surface area contributed by atoms with Crippen LogP contribution in [-0.2, 0) is 0 Å². The minimum absolute atomic E-state index is 0.00371. The van der Waals surface area contributed by atoms with Crippen molar-refractivity contribution in [2.45, 2.75) is 19.8 Å². The molecule has 0 aliphatic carbocycles. The molecule has 1 amide bonds. The van der Waals surface area contributed by atoms with E-state index in [9.17, 15) is 4.79 Å². The fourth-order valence-corrected chi connectivity index (χ4v) is 2.90. The first-order valence-electron chi connectivity index (χ1n) is 7.34. The summed E-state index contributed by atoms with van der Waals surface area (Å²) in [5, 5.41) is 4.64. The van der Waals surface area contributed by atoms with Crippen molar-refractivity contribution in [2.75, 3.05) is 13.1 Å². The predicted molar refractivity (Wildman–Crippen MR) is 79.4 cm³/mol. The quantitative estimate of drug-likeness (QED) is 0.727. The average Bonchev–Trinajstić information content (AvgIpc) is 3.27. The molecule has 6 nitrogen and oxygen atoms in total. The van der Waals surface area contributed by atoms with E-state index in [0.29, 0.717) is 33.8 Å². The number of carbonyl (C=O) groups excluding carboxylic acids is 1. The molecule has 0 spiro atoms. The number of amides is 1. The zero-order valence-electron chi connectivity index (χ0n) is 12.2. The maximum Gasteiger partial charge on any atom is 0.259 e. The highest BCUT2D eigenvalue weighted by molar-refractivity contribution is 6.06. The Labute approximate surface area is 126 Å². The molecule has 0 saturated carbocycles. The lowest BCUT2D eigenvalue weighted by molar-refractivity contribution is 0.0794. The van der Waals surface area contributed by atoms with E-state index in [0.717, 1.165) is 25.9 Å². The van der Waals surface area contributed by atoms with Gasteiger partial charge in [-0.1, -0.05) is 5.16 Å². The molecule has 0 bridgehead atoms. The highest BCUT2D eigenvalue weighted by Crippen LogP contribution is 2.28. The van der Waals surface area contributed by atoms with Crippen LogP contribution in [0.5, 0.6) is 0 Å². The van der Waals surface area contributed by atoms with Crippen LogP contribution in [0.4, 0.5) is 0 Å². The van der Waals surface area contributed by atoms with Gasteiger partial charge in [0.15, 0.2) is 5.76 Å². The Hall–Kier alpha value is -2.63. The first-order chi connectivity index (χ1) is 10.7. The monoisotopic (exact) mass is 297 g/mol. The zero-order valence-corrected chi connectivity index (χ0v) is 12.2. The number of fused-ring (bicyclic) bond motifs is 1. The SMILES string of the molecule is Cc1noc2nc(-c3ccco3)cc(C(=O)N3CCCC3)c12. The number of aryl methyl sites for hydroxylation is 1. The summed E-state index contributed by atoms with van der Waals surface area (Å²) in [7, 11) is 0. The van der Waals surface area contributed by atoms with E-state index in [2.05, 4.69) is 10.1 Å². The maximum atomic E-state index is 12.8. The molecule has 0 radical (unpaired) electrons. The third-order valence-electron chi connectivity index (χ3n) is 4.01. The van der Waals surface area contributed by atoms with E-state index in [-0.39, 0.29) is 5.91 Å². The van der Waals surface area contributed by atoms with Crippen LogP contribution in [0.3, 0.4) is 0 Å². The fourth-order valence-electron chi connectivity index (χ4n) is 2.90. The topological polar surface area (TPSA) is 72.4 Å². The van der Waals surface area contributed by atoms with Crippen LogP contribution in [-0.4, -0.2) is 34.0 Å². The van der Waals surface area contributed by atoms with Crippen LogP contribution >= 0.6 is 0 Å². The molecule has 0 unspecified atom stereocenters. The Morgan fingerprint density at radius 3 is 2.86 bits per heavy atom. The molecule has 6 heteroatoms. The van der Waals surface area contributed by atoms with Gasteiger partial charge in [-0.25, -0.2) is 4.98 Å². The molecule has 4 heterocycles. The molecule has 1 saturated heterocycles. The van der Waals surface area contributed by atoms with Crippen molar-refractivity contribution in [2.24, 2.45) is 0 Å². The fraction of sp³-hybridized carbons (Fsp3) is 0.312. The van der Waals surface area contributed by atoms with E-state index >= 15 is 0 Å². The van der Waals surface area contributed by atoms with Gasteiger partial charge in [0, 0.05) is 13.1 Å². The minimum Gasteiger partial charge on any atom is -0.463 e. The van der Waals surface area contributed by atoms with Gasteiger partial charge in [-0.15, -0.1) is 0 Å². The van der Waals surface area contributed by atoms with Crippen molar-refractivity contribution >= 4 is 17.0 Å². The number of hydrogen-bond donors (Lipinski definition) is 0. The number of furan rings is 1. The molecule has 0 N–H and O–H groups in total. The minimum atomic E-state index is 0.00371. The molecule has 112 valence electrons. The normalized spacial score (nSPS) is 14.9. The number of pyridine rings is 1. The molecule has 1 aliphatic rings. The van der Waals surface area contributed by atoms with Crippen molar-refractivity contribution in [1.82, 2.24) is 15.0 Å². The molecule has 0 atom stereocenters. The van der Waals surface area contributed by atoms with Gasteiger partial charge in [-0.2, -0.15) is 0 Å². The summed E-state index contributed by atoms with van der Waals surface area (Å²) >= 11 is 0. The summed E-state index contributed by atoms with van der Waals surface area (Å²) in [5.74, 6) is 0.607. The van der Waals surface area contributed by atoms with Crippen LogP contribution in [0.15, 0.2) is 33.4 Å². The molecule has 22 heavy (non-hydrogen) atoms. The van der Waals surface area contributed by atoms with E-state index in [1.807, 2.05) is 17.9 Å². The van der Waals surface area contributed by atoms with Gasteiger partial charge in [0.05, 0.1) is 22.9 Å². The lowest BCUT2D eigenvalue weighted by atomic mass is 10.1. The standard InChI is InChI=1S/C16H15N3O3/c1-10-14-11(16(20)19-6-2-3-7-19)9-12(13-5-4-8-21-13)17-15(14)22-18-10/h4-5,8-9H,2-3,6-7H2,1H3. The molecule has 4 rings (SSSR count). The van der Waals surface area contributed by atoms with E-state index in [4.69, 9.17) is 8.94 Å². The number of likely N-dealkylation sites (tertiary alicyclic amines) is 1. The summed E-state index contributed by atoms with van der Waals surface area (Å²) in [6.07, 6.45) is 3.68. The largest absolute Gasteiger partial charge is 0.463 e. The van der Waals surface area contributed by atoms with Crippen LogP contribution in [0.25, 0.3) is 22.6 Å². The van der Waals surface area contributed by atoms with Crippen LogP contribution < -0.4 is 0 Å². The van der Waals surface area contributed by atoms with Crippen molar-refractivity contribution in [3.63, 3.8) is 0 Å². The van der Waals surface area contributed by atoms with Crippen molar-refractivity contribution in [3.05, 3.63) is 35.7 Å². The smallest absolute Gasteiger partial charge is 0.259 e. The first kappa shape index (κ1) is 13.1. The van der Waals surface area contributed by atoms with Crippen LogP contribution in [0, 0.1) is 6.92 Å². The van der Waals surface area contributed by atoms with E-state index < -0.39 is 0 Å². The van der Waals surface area contributed by atoms with Gasteiger partial charge in [0.2, 0.25) is 0 Å². The summed E-state index contributed by atoms with van der Waals surface area (Å²) in [6.45, 7) is 3.41. The Kier molecular flexibility index (Phi) is 2.96. The van der Waals surface area contributed by atoms with Gasteiger partial charge in [0.25, 0.3) is 11.6 Å². The summed E-state index contributed by atoms with van der Waals surface area (Å²) in [5.41, 5.74) is 2.21. The number of nitrogens with zero attached hydrogens (tertiary/aromatic N) is 3. The number of hydrogen-bond acceptors (Lipinski definition) is 5. The van der Waals surface area contributed by atoms with Gasteiger partial charge >= 0.3 is 0 Å². The molecule has 1 fully saturated rings. The summed E-state index contributed by atoms with van der Waals surface area (Å²) in [6, 6.07) is 5.36. The summed E-state index contributed by atoms with van der Waals surface area (Å²) < 4.78 is 10.7. The van der Waals surface area contributed by atoms with Gasteiger partial charge in [-0.05, 0) is 38.0 Å². The molecular formula is C16H15N3O3. The number of aromatic nitrogens is 2. The Morgan fingerprint density at radius 1 is 1.32 bits per heavy atom. The van der Waals surface area contributed by atoms with Crippen molar-refractivity contribution < 1.29 is 13.7 Å². The molecule has 3 aromatic heterocycles. The summed E-state index contributed by atoms with van der Waals surface area (Å²) in [4.78, 5) is 19.1. The second kappa shape index (κ2) is 4.98. The van der Waals surface area contributed by atoms with Crippen molar-refractivity contribution in [3.8, 4) is 11.5 Å². The maximum absolute atomic E-state index is 12.8. The zero-order chi connectivity index (χ0) is 15.1. The third-order valence-corrected chi connectivity index (χ3v) is 4.01. The Balaban J connectivity index is 1.90. The molecule has 1 aliphatic heterocycles. The van der Waals surface area contributed by atoms with Gasteiger partial charge in [0.1, 0.15) is 5.69 Å². The first-order valence-corrected chi connectivity index (χ1v) is 7.34. The van der Waals surface area contributed by atoms with Crippen molar-refractivity contribution in [1.29, 1.82) is 0 Å². The number of rotatable bonds is 2. The second-order valence-corrected chi connectivity index (χ2v) is 5.48. The Bertz CT molecular complexity index is 830. The van der Waals surface area contributed by atoms with Crippen LogP contribution in [0.2, 0.25) is 0 Å².